The number of nitrogens with one attached hydrogen (secondary N) is 1. The third-order valence-corrected chi connectivity index (χ3v) is 4.33. The van der Waals surface area contributed by atoms with Gasteiger partial charge in [-0.05, 0) is 44.2 Å². The molecule has 0 saturated carbocycles. The summed E-state index contributed by atoms with van der Waals surface area (Å²) in [4.78, 5) is 0. The standard InChI is InChI=1S/C16H25NO2S/c1-15(2)8-13-7-12(5-6-14(13)19-15)9-17-10-16(3,18)11-20-4/h5-7,17-18H,8-11H2,1-4H3. The van der Waals surface area contributed by atoms with Gasteiger partial charge in [0, 0.05) is 25.3 Å². The molecule has 4 heteroatoms. The maximum Gasteiger partial charge on any atom is 0.123 e. The fourth-order valence-corrected chi connectivity index (χ4v) is 3.33. The molecule has 3 nitrogen and oxygen atoms in total. The minimum Gasteiger partial charge on any atom is -0.487 e. The van der Waals surface area contributed by atoms with Gasteiger partial charge in [0.2, 0.25) is 0 Å². The van der Waals surface area contributed by atoms with Gasteiger partial charge >= 0.3 is 0 Å². The minimum atomic E-state index is -0.652. The van der Waals surface area contributed by atoms with Crippen LogP contribution in [-0.2, 0) is 13.0 Å². The second kappa shape index (κ2) is 5.96. The van der Waals surface area contributed by atoms with E-state index < -0.39 is 5.60 Å². The van der Waals surface area contributed by atoms with Crippen molar-refractivity contribution in [1.82, 2.24) is 5.32 Å². The molecule has 20 heavy (non-hydrogen) atoms. The van der Waals surface area contributed by atoms with E-state index in [0.29, 0.717) is 6.54 Å². The zero-order valence-electron chi connectivity index (χ0n) is 12.8. The Labute approximate surface area is 126 Å². The van der Waals surface area contributed by atoms with Crippen LogP contribution in [0.4, 0.5) is 0 Å². The van der Waals surface area contributed by atoms with E-state index in [9.17, 15) is 5.11 Å². The van der Waals surface area contributed by atoms with Crippen LogP contribution in [0.1, 0.15) is 31.9 Å². The lowest BCUT2D eigenvalue weighted by Gasteiger charge is -2.22. The largest absolute Gasteiger partial charge is 0.487 e. The number of aliphatic hydroxyl groups is 1. The van der Waals surface area contributed by atoms with E-state index in [1.807, 2.05) is 13.2 Å². The smallest absolute Gasteiger partial charge is 0.123 e. The van der Waals surface area contributed by atoms with Crippen molar-refractivity contribution in [2.24, 2.45) is 0 Å². The Morgan fingerprint density at radius 1 is 1.45 bits per heavy atom. The summed E-state index contributed by atoms with van der Waals surface area (Å²) in [6, 6.07) is 6.36. The van der Waals surface area contributed by atoms with E-state index in [1.54, 1.807) is 11.8 Å². The first-order chi connectivity index (χ1) is 9.31. The summed E-state index contributed by atoms with van der Waals surface area (Å²) in [5.74, 6) is 1.75. The maximum atomic E-state index is 10.1. The molecule has 0 aromatic heterocycles. The summed E-state index contributed by atoms with van der Waals surface area (Å²) in [5.41, 5.74) is 1.78. The number of ether oxygens (including phenoxy) is 1. The van der Waals surface area contributed by atoms with Gasteiger partial charge in [-0.2, -0.15) is 11.8 Å². The predicted molar refractivity (Wildman–Crippen MR) is 85.6 cm³/mol. The molecule has 1 unspecified atom stereocenters. The van der Waals surface area contributed by atoms with Crippen LogP contribution in [0.2, 0.25) is 0 Å². The summed E-state index contributed by atoms with van der Waals surface area (Å²) in [5, 5.41) is 13.4. The van der Waals surface area contributed by atoms with Gasteiger partial charge in [0.15, 0.2) is 0 Å². The molecule has 0 saturated heterocycles. The first-order valence-corrected chi connectivity index (χ1v) is 8.44. The molecule has 0 spiro atoms. The number of benzene rings is 1. The van der Waals surface area contributed by atoms with Crippen LogP contribution in [0.15, 0.2) is 18.2 Å². The van der Waals surface area contributed by atoms with Gasteiger partial charge in [0.1, 0.15) is 11.4 Å². The Morgan fingerprint density at radius 2 is 2.20 bits per heavy atom. The van der Waals surface area contributed by atoms with Crippen molar-refractivity contribution in [2.45, 2.75) is 44.9 Å². The highest BCUT2D eigenvalue weighted by Gasteiger charge is 2.29. The third kappa shape index (κ3) is 4.14. The number of fused-ring (bicyclic) bond motifs is 1. The van der Waals surface area contributed by atoms with E-state index >= 15 is 0 Å². The molecule has 1 aliphatic rings. The molecule has 0 aliphatic carbocycles. The van der Waals surface area contributed by atoms with Crippen molar-refractivity contribution in [3.8, 4) is 5.75 Å². The molecule has 1 aliphatic heterocycles. The second-order valence-electron chi connectivity index (χ2n) is 6.51. The normalized spacial score (nSPS) is 19.2. The Kier molecular flexibility index (Phi) is 4.67. The van der Waals surface area contributed by atoms with Crippen molar-refractivity contribution < 1.29 is 9.84 Å². The SMILES string of the molecule is CSCC(C)(O)CNCc1ccc2c(c1)CC(C)(C)O2. The first-order valence-electron chi connectivity index (χ1n) is 7.04. The zero-order valence-corrected chi connectivity index (χ0v) is 13.6. The molecule has 0 fully saturated rings. The van der Waals surface area contributed by atoms with E-state index in [4.69, 9.17) is 4.74 Å². The molecule has 0 radical (unpaired) electrons. The lowest BCUT2D eigenvalue weighted by atomic mass is 10.00. The van der Waals surface area contributed by atoms with Crippen molar-refractivity contribution in [3.05, 3.63) is 29.3 Å². The number of rotatable bonds is 6. The molecule has 2 N–H and O–H groups in total. The average molecular weight is 295 g/mol. The van der Waals surface area contributed by atoms with Crippen molar-refractivity contribution >= 4 is 11.8 Å². The summed E-state index contributed by atoms with van der Waals surface area (Å²) < 4.78 is 5.88. The Balaban J connectivity index is 1.90. The van der Waals surface area contributed by atoms with Crippen LogP contribution in [0, 0.1) is 0 Å². The Bertz CT molecular complexity index is 472. The zero-order chi connectivity index (χ0) is 14.8. The highest BCUT2D eigenvalue weighted by molar-refractivity contribution is 7.98. The van der Waals surface area contributed by atoms with Crippen LogP contribution in [0.25, 0.3) is 0 Å². The molecular weight excluding hydrogens is 270 g/mol. The molecule has 0 bridgehead atoms. The quantitative estimate of drug-likeness (QED) is 0.846. The van der Waals surface area contributed by atoms with Crippen LogP contribution >= 0.6 is 11.8 Å². The molecule has 1 aromatic carbocycles. The van der Waals surface area contributed by atoms with Crippen LogP contribution in [0.3, 0.4) is 0 Å². The number of thioether (sulfide) groups is 1. The Hall–Kier alpha value is -0.710. The molecule has 2 rings (SSSR count). The van der Waals surface area contributed by atoms with Gasteiger partial charge in [-0.25, -0.2) is 0 Å². The molecule has 1 heterocycles. The lowest BCUT2D eigenvalue weighted by molar-refractivity contribution is 0.0846. The van der Waals surface area contributed by atoms with E-state index in [1.165, 1.54) is 11.1 Å². The average Bonchev–Trinajstić information content (AvgIpc) is 2.61. The van der Waals surface area contributed by atoms with Crippen LogP contribution in [-0.4, -0.2) is 34.9 Å². The molecule has 112 valence electrons. The monoisotopic (exact) mass is 295 g/mol. The fraction of sp³-hybridized carbons (Fsp3) is 0.625. The van der Waals surface area contributed by atoms with Crippen molar-refractivity contribution in [2.75, 3.05) is 18.6 Å². The topological polar surface area (TPSA) is 41.5 Å². The molecule has 1 aromatic rings. The van der Waals surface area contributed by atoms with Gasteiger partial charge in [-0.15, -0.1) is 0 Å². The van der Waals surface area contributed by atoms with Gasteiger partial charge in [-0.1, -0.05) is 12.1 Å². The lowest BCUT2D eigenvalue weighted by Crippen LogP contribution is -2.39. The van der Waals surface area contributed by atoms with E-state index in [-0.39, 0.29) is 5.60 Å². The predicted octanol–water partition coefficient (Wildman–Crippen LogP) is 2.60. The molecular formula is C16H25NO2S. The van der Waals surface area contributed by atoms with Crippen LogP contribution in [0.5, 0.6) is 5.75 Å². The fourth-order valence-electron chi connectivity index (χ4n) is 2.61. The summed E-state index contributed by atoms with van der Waals surface area (Å²) in [6.45, 7) is 7.48. The van der Waals surface area contributed by atoms with Gasteiger partial charge in [-0.3, -0.25) is 0 Å². The highest BCUT2D eigenvalue weighted by Crippen LogP contribution is 2.35. The molecule has 0 amide bonds. The number of hydrogen-bond donors (Lipinski definition) is 2. The van der Waals surface area contributed by atoms with Gasteiger partial charge < -0.3 is 15.2 Å². The highest BCUT2D eigenvalue weighted by atomic mass is 32.2. The summed E-state index contributed by atoms with van der Waals surface area (Å²) >= 11 is 1.66. The van der Waals surface area contributed by atoms with Crippen molar-refractivity contribution in [3.63, 3.8) is 0 Å². The Morgan fingerprint density at radius 3 is 2.90 bits per heavy atom. The van der Waals surface area contributed by atoms with E-state index in [2.05, 4.69) is 37.4 Å². The maximum absolute atomic E-state index is 10.1. The second-order valence-corrected chi connectivity index (χ2v) is 7.38. The molecule has 1 atom stereocenters. The van der Waals surface area contributed by atoms with Crippen LogP contribution < -0.4 is 10.1 Å². The minimum absolute atomic E-state index is 0.0869. The first kappa shape index (κ1) is 15.7. The van der Waals surface area contributed by atoms with Crippen molar-refractivity contribution in [1.29, 1.82) is 0 Å². The number of hydrogen-bond acceptors (Lipinski definition) is 4. The summed E-state index contributed by atoms with van der Waals surface area (Å²) in [7, 11) is 0. The van der Waals surface area contributed by atoms with Gasteiger partial charge in [0.25, 0.3) is 0 Å². The summed E-state index contributed by atoms with van der Waals surface area (Å²) in [6.07, 6.45) is 2.97. The van der Waals surface area contributed by atoms with E-state index in [0.717, 1.165) is 24.5 Å². The third-order valence-electron chi connectivity index (χ3n) is 3.42. The van der Waals surface area contributed by atoms with Gasteiger partial charge in [0.05, 0.1) is 5.60 Å².